The standard InChI is InChI=1S/C17H18N2O3/c20-17(19-13-6-2-1-3-7-13)11-18-10-14-12-21-15-8-4-5-9-16(15)22-14/h1-9,14,18H,10-12H2,(H,19,20)/t14-/m0/s1. The van der Waals surface area contributed by atoms with Crippen LogP contribution in [0.1, 0.15) is 0 Å². The number of fused-ring (bicyclic) bond motifs is 1. The zero-order chi connectivity index (χ0) is 15.2. The molecule has 1 aliphatic rings. The summed E-state index contributed by atoms with van der Waals surface area (Å²) in [5.41, 5.74) is 0.792. The summed E-state index contributed by atoms with van der Waals surface area (Å²) in [6, 6.07) is 17.0. The molecule has 1 amide bonds. The Morgan fingerprint density at radius 1 is 1.05 bits per heavy atom. The minimum atomic E-state index is -0.0978. The first-order chi connectivity index (χ1) is 10.8. The van der Waals surface area contributed by atoms with Crippen molar-refractivity contribution in [3.63, 3.8) is 0 Å². The number of hydrogen-bond donors (Lipinski definition) is 2. The van der Waals surface area contributed by atoms with Gasteiger partial charge in [0, 0.05) is 12.2 Å². The molecule has 2 aromatic rings. The van der Waals surface area contributed by atoms with E-state index >= 15 is 0 Å². The number of nitrogens with one attached hydrogen (secondary N) is 2. The number of rotatable bonds is 5. The van der Waals surface area contributed by atoms with E-state index in [1.54, 1.807) is 0 Å². The molecule has 0 aromatic heterocycles. The van der Waals surface area contributed by atoms with Crippen LogP contribution in [0.4, 0.5) is 5.69 Å². The topological polar surface area (TPSA) is 59.6 Å². The number of ether oxygens (including phenoxy) is 2. The average Bonchev–Trinajstić information content (AvgIpc) is 2.55. The largest absolute Gasteiger partial charge is 0.486 e. The second kappa shape index (κ2) is 6.95. The highest BCUT2D eigenvalue weighted by atomic mass is 16.6. The lowest BCUT2D eigenvalue weighted by atomic mass is 10.2. The van der Waals surface area contributed by atoms with Gasteiger partial charge >= 0.3 is 0 Å². The molecule has 0 spiro atoms. The van der Waals surface area contributed by atoms with Gasteiger partial charge in [-0.2, -0.15) is 0 Å². The van der Waals surface area contributed by atoms with Crippen LogP contribution < -0.4 is 20.1 Å². The Hall–Kier alpha value is -2.53. The fourth-order valence-electron chi connectivity index (χ4n) is 2.24. The molecule has 3 rings (SSSR count). The number of carbonyl (C=O) groups excluding carboxylic acids is 1. The molecule has 0 fully saturated rings. The van der Waals surface area contributed by atoms with Crippen molar-refractivity contribution in [2.75, 3.05) is 25.0 Å². The smallest absolute Gasteiger partial charge is 0.238 e. The summed E-state index contributed by atoms with van der Waals surface area (Å²) < 4.78 is 11.4. The number of anilines is 1. The van der Waals surface area contributed by atoms with Crippen molar-refractivity contribution in [2.24, 2.45) is 0 Å². The van der Waals surface area contributed by atoms with Crippen molar-refractivity contribution in [1.82, 2.24) is 5.32 Å². The van der Waals surface area contributed by atoms with Crippen LogP contribution >= 0.6 is 0 Å². The van der Waals surface area contributed by atoms with Gasteiger partial charge in [-0.05, 0) is 24.3 Å². The molecule has 22 heavy (non-hydrogen) atoms. The Kier molecular flexibility index (Phi) is 4.56. The molecule has 0 aliphatic carbocycles. The van der Waals surface area contributed by atoms with Crippen LogP contribution in [0, 0.1) is 0 Å². The Morgan fingerprint density at radius 3 is 2.59 bits per heavy atom. The number of carbonyl (C=O) groups is 1. The average molecular weight is 298 g/mol. The first-order valence-corrected chi connectivity index (χ1v) is 7.25. The summed E-state index contributed by atoms with van der Waals surface area (Å²) >= 11 is 0. The van der Waals surface area contributed by atoms with Crippen LogP contribution in [0.15, 0.2) is 54.6 Å². The van der Waals surface area contributed by atoms with E-state index in [-0.39, 0.29) is 18.6 Å². The van der Waals surface area contributed by atoms with Gasteiger partial charge in [0.2, 0.25) is 5.91 Å². The van der Waals surface area contributed by atoms with E-state index in [2.05, 4.69) is 10.6 Å². The molecule has 2 N–H and O–H groups in total. The number of amides is 1. The lowest BCUT2D eigenvalue weighted by molar-refractivity contribution is -0.115. The van der Waals surface area contributed by atoms with Crippen molar-refractivity contribution < 1.29 is 14.3 Å². The van der Waals surface area contributed by atoms with Crippen molar-refractivity contribution in [3.05, 3.63) is 54.6 Å². The summed E-state index contributed by atoms with van der Waals surface area (Å²) in [6.45, 7) is 1.26. The fraction of sp³-hybridized carbons (Fsp3) is 0.235. The SMILES string of the molecule is O=C(CNC[C@H]1COc2ccccc2O1)Nc1ccccc1. The molecular weight excluding hydrogens is 280 g/mol. The van der Waals surface area contributed by atoms with Gasteiger partial charge in [-0.25, -0.2) is 0 Å². The highest BCUT2D eigenvalue weighted by Crippen LogP contribution is 2.30. The lowest BCUT2D eigenvalue weighted by Crippen LogP contribution is -2.41. The van der Waals surface area contributed by atoms with Gasteiger partial charge in [0.15, 0.2) is 11.5 Å². The molecule has 0 unspecified atom stereocenters. The number of hydrogen-bond acceptors (Lipinski definition) is 4. The van der Waals surface area contributed by atoms with E-state index in [4.69, 9.17) is 9.47 Å². The van der Waals surface area contributed by atoms with Crippen LogP contribution in [0.3, 0.4) is 0 Å². The second-order valence-electron chi connectivity index (χ2n) is 5.04. The van der Waals surface area contributed by atoms with E-state index < -0.39 is 0 Å². The molecule has 1 aliphatic heterocycles. The van der Waals surface area contributed by atoms with Gasteiger partial charge in [0.05, 0.1) is 6.54 Å². The predicted octanol–water partition coefficient (Wildman–Crippen LogP) is 2.05. The monoisotopic (exact) mass is 298 g/mol. The van der Waals surface area contributed by atoms with E-state index in [0.717, 1.165) is 17.2 Å². The molecule has 1 atom stereocenters. The van der Waals surface area contributed by atoms with E-state index in [1.807, 2.05) is 54.6 Å². The van der Waals surface area contributed by atoms with E-state index in [1.165, 1.54) is 0 Å². The molecule has 2 aromatic carbocycles. The second-order valence-corrected chi connectivity index (χ2v) is 5.04. The first kappa shape index (κ1) is 14.4. The molecule has 0 bridgehead atoms. The highest BCUT2D eigenvalue weighted by molar-refractivity contribution is 5.92. The molecule has 5 heteroatoms. The van der Waals surface area contributed by atoms with Crippen molar-refractivity contribution >= 4 is 11.6 Å². The highest BCUT2D eigenvalue weighted by Gasteiger charge is 2.20. The van der Waals surface area contributed by atoms with Gasteiger partial charge in [0.25, 0.3) is 0 Å². The summed E-state index contributed by atoms with van der Waals surface area (Å²) in [5.74, 6) is 1.43. The van der Waals surface area contributed by atoms with Crippen molar-refractivity contribution in [1.29, 1.82) is 0 Å². The van der Waals surface area contributed by atoms with Gasteiger partial charge in [0.1, 0.15) is 12.7 Å². The molecule has 0 radical (unpaired) electrons. The van der Waals surface area contributed by atoms with E-state index in [0.29, 0.717) is 13.2 Å². The third-order valence-electron chi connectivity index (χ3n) is 3.28. The van der Waals surface area contributed by atoms with Crippen LogP contribution in [0.25, 0.3) is 0 Å². The molecule has 0 saturated heterocycles. The number of para-hydroxylation sites is 3. The zero-order valence-corrected chi connectivity index (χ0v) is 12.1. The maximum atomic E-state index is 11.8. The Morgan fingerprint density at radius 2 is 1.77 bits per heavy atom. The molecule has 114 valence electrons. The summed E-state index contributed by atoms with van der Waals surface area (Å²) in [5, 5.41) is 5.91. The molecule has 5 nitrogen and oxygen atoms in total. The predicted molar refractivity (Wildman–Crippen MR) is 84.3 cm³/mol. The van der Waals surface area contributed by atoms with Crippen molar-refractivity contribution in [3.8, 4) is 11.5 Å². The molecular formula is C17H18N2O3. The van der Waals surface area contributed by atoms with Gasteiger partial charge < -0.3 is 20.1 Å². The van der Waals surface area contributed by atoms with Gasteiger partial charge in [-0.1, -0.05) is 30.3 Å². The third-order valence-corrected chi connectivity index (χ3v) is 3.28. The van der Waals surface area contributed by atoms with Crippen LogP contribution in [0.2, 0.25) is 0 Å². The van der Waals surface area contributed by atoms with Gasteiger partial charge in [-0.15, -0.1) is 0 Å². The van der Waals surface area contributed by atoms with Crippen LogP contribution in [-0.2, 0) is 4.79 Å². The Balaban J connectivity index is 1.41. The molecule has 0 saturated carbocycles. The quantitative estimate of drug-likeness (QED) is 0.887. The number of benzene rings is 2. The van der Waals surface area contributed by atoms with E-state index in [9.17, 15) is 4.79 Å². The Labute approximate surface area is 129 Å². The third kappa shape index (κ3) is 3.77. The van der Waals surface area contributed by atoms with Crippen molar-refractivity contribution in [2.45, 2.75) is 6.10 Å². The maximum absolute atomic E-state index is 11.8. The lowest BCUT2D eigenvalue weighted by Gasteiger charge is -2.26. The Bertz CT molecular complexity index is 631. The minimum absolute atomic E-state index is 0.0803. The summed E-state index contributed by atoms with van der Waals surface area (Å²) in [4.78, 5) is 11.8. The summed E-state index contributed by atoms with van der Waals surface area (Å²) in [7, 11) is 0. The van der Waals surface area contributed by atoms with Gasteiger partial charge in [-0.3, -0.25) is 4.79 Å². The van der Waals surface area contributed by atoms with Crippen LogP contribution in [0.5, 0.6) is 11.5 Å². The fourth-order valence-corrected chi connectivity index (χ4v) is 2.24. The zero-order valence-electron chi connectivity index (χ0n) is 12.1. The normalized spacial score (nSPS) is 16.1. The minimum Gasteiger partial charge on any atom is -0.486 e. The van der Waals surface area contributed by atoms with Crippen LogP contribution in [-0.4, -0.2) is 31.7 Å². The maximum Gasteiger partial charge on any atom is 0.238 e. The molecule has 1 heterocycles. The first-order valence-electron chi connectivity index (χ1n) is 7.25. The summed E-state index contributed by atoms with van der Waals surface area (Å²) in [6.07, 6.45) is -0.0978.